The maximum absolute atomic E-state index is 13.3. The largest absolute Gasteiger partial charge is 0.397 e. The lowest BCUT2D eigenvalue weighted by atomic mass is 10.1. The van der Waals surface area contributed by atoms with Crippen molar-refractivity contribution in [3.05, 3.63) is 83.0 Å². The number of sulfone groups is 1. The van der Waals surface area contributed by atoms with Crippen LogP contribution in [0.2, 0.25) is 0 Å². The molecule has 6 heteroatoms. The first-order valence-corrected chi connectivity index (χ1v) is 11.4. The van der Waals surface area contributed by atoms with Gasteiger partial charge in [-0.1, -0.05) is 35.4 Å². The predicted octanol–water partition coefficient (Wildman–Crippen LogP) is 5.17. The number of hydrogen-bond donors (Lipinski definition) is 1. The summed E-state index contributed by atoms with van der Waals surface area (Å²) in [5, 5.41) is 0.471. The first kappa shape index (κ1) is 20.9. The molecule has 0 aliphatic heterocycles. The third-order valence-electron chi connectivity index (χ3n) is 5.64. The molecule has 0 unspecified atom stereocenters. The molecule has 0 fully saturated rings. The normalized spacial score (nSPS) is 11.7. The Kier molecular flexibility index (Phi) is 4.98. The highest BCUT2D eigenvalue weighted by Crippen LogP contribution is 2.38. The van der Waals surface area contributed by atoms with Gasteiger partial charge in [-0.05, 0) is 64.1 Å². The number of aryl methyl sites for hydroxylation is 2. The van der Waals surface area contributed by atoms with E-state index in [1.807, 2.05) is 49.6 Å². The van der Waals surface area contributed by atoms with E-state index in [1.54, 1.807) is 30.3 Å². The summed E-state index contributed by atoms with van der Waals surface area (Å²) in [6.45, 7) is 7.23. The van der Waals surface area contributed by atoms with Gasteiger partial charge < -0.3 is 10.3 Å². The van der Waals surface area contributed by atoms with Gasteiger partial charge in [-0.25, -0.2) is 8.42 Å². The van der Waals surface area contributed by atoms with Crippen molar-refractivity contribution in [2.24, 2.45) is 0 Å². The van der Waals surface area contributed by atoms with Gasteiger partial charge in [0.05, 0.1) is 21.0 Å². The number of nitrogen functional groups attached to an aromatic ring is 1. The van der Waals surface area contributed by atoms with Crippen LogP contribution < -0.4 is 5.73 Å². The summed E-state index contributed by atoms with van der Waals surface area (Å²) in [6, 6.07) is 17.8. The minimum absolute atomic E-state index is 0.00686. The second kappa shape index (κ2) is 7.39. The lowest BCUT2D eigenvalue weighted by Crippen LogP contribution is -2.07. The van der Waals surface area contributed by atoms with Crippen molar-refractivity contribution in [1.82, 2.24) is 4.57 Å². The molecule has 2 N–H and O–H groups in total. The van der Waals surface area contributed by atoms with Gasteiger partial charge in [-0.3, -0.25) is 4.79 Å². The molecule has 0 amide bonds. The second-order valence-corrected chi connectivity index (χ2v) is 9.79. The molecule has 0 spiro atoms. The molecule has 0 saturated heterocycles. The van der Waals surface area contributed by atoms with E-state index in [2.05, 4.69) is 0 Å². The van der Waals surface area contributed by atoms with E-state index >= 15 is 0 Å². The maximum atomic E-state index is 13.3. The average Bonchev–Trinajstić information content (AvgIpc) is 3.02. The molecular formula is C25H24N2O3S. The number of carbonyl (C=O) groups is 1. The molecule has 1 heterocycles. The van der Waals surface area contributed by atoms with Gasteiger partial charge in [0.2, 0.25) is 9.84 Å². The molecule has 1 aromatic heterocycles. The first-order chi connectivity index (χ1) is 14.6. The van der Waals surface area contributed by atoms with Crippen molar-refractivity contribution >= 4 is 32.2 Å². The number of hydrogen-bond acceptors (Lipinski definition) is 4. The fourth-order valence-electron chi connectivity index (χ4n) is 4.05. The van der Waals surface area contributed by atoms with Crippen LogP contribution >= 0.6 is 0 Å². The molecule has 0 radical (unpaired) electrons. The number of Topliss-reactive ketones (excluding diaryl/α,β-unsaturated/α-hetero) is 1. The van der Waals surface area contributed by atoms with Crippen LogP contribution in [0.4, 0.5) is 5.69 Å². The third-order valence-corrected chi connectivity index (χ3v) is 7.46. The highest BCUT2D eigenvalue weighted by Gasteiger charge is 2.27. The van der Waals surface area contributed by atoms with Crippen molar-refractivity contribution in [3.63, 3.8) is 0 Å². The Hall–Kier alpha value is -3.38. The maximum Gasteiger partial charge on any atom is 0.208 e. The van der Waals surface area contributed by atoms with Crippen molar-refractivity contribution in [2.75, 3.05) is 5.73 Å². The molecule has 4 rings (SSSR count). The van der Waals surface area contributed by atoms with Crippen LogP contribution in [0.25, 0.3) is 16.6 Å². The molecule has 0 bridgehead atoms. The van der Waals surface area contributed by atoms with Crippen LogP contribution in [0.3, 0.4) is 0 Å². The van der Waals surface area contributed by atoms with E-state index in [0.29, 0.717) is 16.5 Å². The third kappa shape index (κ3) is 3.33. The van der Waals surface area contributed by atoms with Crippen molar-refractivity contribution in [1.29, 1.82) is 0 Å². The van der Waals surface area contributed by atoms with Gasteiger partial charge in [0, 0.05) is 22.3 Å². The zero-order chi connectivity index (χ0) is 22.5. The Morgan fingerprint density at radius 3 is 1.94 bits per heavy atom. The standard InChI is InChI=1S/C25H24N2O3S/c1-15-5-9-19(10-6-15)27-17(3)23(18(4)28)24-21(27)13-14-22(25(24)26)31(29,30)20-11-7-16(2)8-12-20/h5-14H,26H2,1-4H3. The Morgan fingerprint density at radius 1 is 0.839 bits per heavy atom. The fraction of sp³-hybridized carbons (Fsp3) is 0.160. The summed E-state index contributed by atoms with van der Waals surface area (Å²) in [7, 11) is -3.84. The Bertz CT molecular complexity index is 1430. The van der Waals surface area contributed by atoms with Crippen LogP contribution in [0.1, 0.15) is 34.1 Å². The fourth-order valence-corrected chi connectivity index (χ4v) is 5.43. The minimum Gasteiger partial charge on any atom is -0.397 e. The molecule has 31 heavy (non-hydrogen) atoms. The van der Waals surface area contributed by atoms with E-state index in [4.69, 9.17) is 5.73 Å². The van der Waals surface area contributed by atoms with E-state index < -0.39 is 9.84 Å². The van der Waals surface area contributed by atoms with E-state index in [9.17, 15) is 13.2 Å². The van der Waals surface area contributed by atoms with Gasteiger partial charge in [-0.2, -0.15) is 0 Å². The molecule has 0 aliphatic rings. The molecule has 0 saturated carbocycles. The van der Waals surface area contributed by atoms with Crippen LogP contribution in [-0.4, -0.2) is 18.8 Å². The lowest BCUT2D eigenvalue weighted by Gasteiger charge is -2.12. The molecule has 3 aromatic carbocycles. The number of ketones is 1. The SMILES string of the molecule is CC(=O)c1c(C)n(-c2ccc(C)cc2)c2ccc(S(=O)(=O)c3ccc(C)cc3)c(N)c12. The lowest BCUT2D eigenvalue weighted by molar-refractivity contribution is 0.101. The van der Waals surface area contributed by atoms with Crippen LogP contribution in [0.15, 0.2) is 70.5 Å². The number of anilines is 1. The average molecular weight is 433 g/mol. The van der Waals surface area contributed by atoms with Crippen LogP contribution in [0.5, 0.6) is 0 Å². The Morgan fingerprint density at radius 2 is 1.39 bits per heavy atom. The number of nitrogens with zero attached hydrogens (tertiary/aromatic N) is 1. The van der Waals surface area contributed by atoms with Gasteiger partial charge >= 0.3 is 0 Å². The van der Waals surface area contributed by atoms with Gasteiger partial charge in [0.25, 0.3) is 0 Å². The van der Waals surface area contributed by atoms with Gasteiger partial charge in [0.15, 0.2) is 5.78 Å². The summed E-state index contributed by atoms with van der Waals surface area (Å²) in [4.78, 5) is 12.8. The van der Waals surface area contributed by atoms with Gasteiger partial charge in [0.1, 0.15) is 0 Å². The zero-order valence-corrected chi connectivity index (χ0v) is 18.7. The number of aromatic nitrogens is 1. The highest BCUT2D eigenvalue weighted by atomic mass is 32.2. The smallest absolute Gasteiger partial charge is 0.208 e. The van der Waals surface area contributed by atoms with Crippen LogP contribution in [-0.2, 0) is 9.84 Å². The number of carbonyl (C=O) groups excluding carboxylic acids is 1. The summed E-state index contributed by atoms with van der Waals surface area (Å²) in [5.41, 5.74) is 11.4. The minimum atomic E-state index is -3.84. The first-order valence-electron chi connectivity index (χ1n) is 9.96. The topological polar surface area (TPSA) is 82.2 Å². The summed E-state index contributed by atoms with van der Waals surface area (Å²) in [5.74, 6) is -0.162. The quantitative estimate of drug-likeness (QED) is 0.356. The zero-order valence-electron chi connectivity index (χ0n) is 17.9. The molecule has 0 atom stereocenters. The Labute approximate surface area is 182 Å². The monoisotopic (exact) mass is 432 g/mol. The van der Waals surface area contributed by atoms with Crippen molar-refractivity contribution in [3.8, 4) is 5.69 Å². The van der Waals surface area contributed by atoms with E-state index in [0.717, 1.165) is 22.5 Å². The molecule has 158 valence electrons. The highest BCUT2D eigenvalue weighted by molar-refractivity contribution is 7.91. The van der Waals surface area contributed by atoms with E-state index in [1.165, 1.54) is 13.0 Å². The predicted molar refractivity (Wildman–Crippen MR) is 124 cm³/mol. The molecule has 4 aromatic rings. The van der Waals surface area contributed by atoms with Crippen molar-refractivity contribution in [2.45, 2.75) is 37.5 Å². The van der Waals surface area contributed by atoms with Crippen LogP contribution in [0, 0.1) is 20.8 Å². The Balaban J connectivity index is 2.04. The summed E-state index contributed by atoms with van der Waals surface area (Å²) in [6.07, 6.45) is 0. The molecule has 5 nitrogen and oxygen atoms in total. The number of nitrogens with two attached hydrogens (primary N) is 1. The van der Waals surface area contributed by atoms with E-state index in [-0.39, 0.29) is 21.3 Å². The summed E-state index contributed by atoms with van der Waals surface area (Å²) < 4.78 is 28.6. The number of benzene rings is 3. The molecular weight excluding hydrogens is 408 g/mol. The summed E-state index contributed by atoms with van der Waals surface area (Å²) >= 11 is 0. The number of rotatable bonds is 4. The van der Waals surface area contributed by atoms with Gasteiger partial charge in [-0.15, -0.1) is 0 Å². The number of fused-ring (bicyclic) bond motifs is 1. The molecule has 0 aliphatic carbocycles. The second-order valence-electron chi connectivity index (χ2n) is 7.88. The van der Waals surface area contributed by atoms with Crippen molar-refractivity contribution < 1.29 is 13.2 Å².